The molecule has 0 unspecified atom stereocenters. The maximum absolute atomic E-state index is 13.5. The molecule has 0 radical (unpaired) electrons. The lowest BCUT2D eigenvalue weighted by Crippen LogP contribution is -2.67. The normalized spacial score (nSPS) is 21.3. The van der Waals surface area contributed by atoms with Crippen molar-refractivity contribution in [1.82, 2.24) is 0 Å². The predicted octanol–water partition coefficient (Wildman–Crippen LogP) is 9.44. The highest BCUT2D eigenvalue weighted by atomic mass is 16.6. The molecular weight excluding hydrogens is 668 g/mol. The van der Waals surface area contributed by atoms with E-state index in [1.54, 1.807) is 0 Å². The van der Waals surface area contributed by atoms with Crippen molar-refractivity contribution in [3.05, 3.63) is 108 Å². The van der Waals surface area contributed by atoms with Gasteiger partial charge in [-0.05, 0) is 23.1 Å². The number of hydrogen-bond donors (Lipinski definition) is 1. The zero-order valence-corrected chi connectivity index (χ0v) is 32.0. The van der Waals surface area contributed by atoms with Crippen molar-refractivity contribution >= 4 is 11.9 Å². The van der Waals surface area contributed by atoms with Gasteiger partial charge >= 0.3 is 11.9 Å². The average Bonchev–Trinajstić information content (AvgIpc) is 3.17. The first kappa shape index (κ1) is 42.2. The monoisotopic (exact) mass is 730 g/mol. The van der Waals surface area contributed by atoms with Gasteiger partial charge in [0.15, 0.2) is 12.2 Å². The second-order valence-electron chi connectivity index (χ2n) is 14.3. The van der Waals surface area contributed by atoms with Gasteiger partial charge < -0.3 is 28.8 Å². The Balaban J connectivity index is 1.44. The number of rotatable bonds is 25. The summed E-state index contributed by atoms with van der Waals surface area (Å²) in [6.07, 6.45) is 9.37. The van der Waals surface area contributed by atoms with Crippen LogP contribution in [0.15, 0.2) is 91.0 Å². The van der Waals surface area contributed by atoms with E-state index in [0.29, 0.717) is 6.42 Å². The van der Waals surface area contributed by atoms with Gasteiger partial charge in [-0.15, -0.1) is 0 Å². The predicted molar refractivity (Wildman–Crippen MR) is 207 cm³/mol. The van der Waals surface area contributed by atoms with Gasteiger partial charge in [0.2, 0.25) is 0 Å². The van der Waals surface area contributed by atoms with Gasteiger partial charge in [0.25, 0.3) is 0 Å². The van der Waals surface area contributed by atoms with Crippen LogP contribution in [0.25, 0.3) is 0 Å². The number of aliphatic hydroxyl groups is 1. The molecule has 1 saturated carbocycles. The zero-order valence-electron chi connectivity index (χ0n) is 32.0. The average molecular weight is 731 g/mol. The summed E-state index contributed by atoms with van der Waals surface area (Å²) in [7, 11) is 0. The molecule has 6 atom stereocenters. The van der Waals surface area contributed by atoms with Gasteiger partial charge in [0.05, 0.1) is 19.8 Å². The van der Waals surface area contributed by atoms with Crippen molar-refractivity contribution < 1.29 is 38.4 Å². The van der Waals surface area contributed by atoms with Crippen LogP contribution in [0, 0.1) is 0 Å². The van der Waals surface area contributed by atoms with Gasteiger partial charge in [-0.2, -0.15) is 0 Å². The molecule has 0 bridgehead atoms. The fourth-order valence-corrected chi connectivity index (χ4v) is 6.97. The largest absolute Gasteiger partial charge is 0.456 e. The Kier molecular flexibility index (Phi) is 19.7. The number of ether oxygens (including phenoxy) is 5. The molecule has 8 nitrogen and oxygen atoms in total. The van der Waals surface area contributed by atoms with E-state index >= 15 is 0 Å². The van der Waals surface area contributed by atoms with E-state index in [2.05, 4.69) is 6.92 Å². The molecule has 0 spiro atoms. The lowest BCUT2D eigenvalue weighted by Gasteiger charge is -2.47. The van der Waals surface area contributed by atoms with Crippen LogP contribution in [0.4, 0.5) is 0 Å². The Hall–Kier alpha value is -3.56. The minimum absolute atomic E-state index is 0.176. The Morgan fingerprint density at radius 1 is 0.491 bits per heavy atom. The van der Waals surface area contributed by atoms with Crippen molar-refractivity contribution in [3.63, 3.8) is 0 Å². The third-order valence-electron chi connectivity index (χ3n) is 9.88. The molecule has 1 fully saturated rings. The lowest BCUT2D eigenvalue weighted by atomic mass is 9.83. The fraction of sp³-hybridized carbons (Fsp3) is 0.556. The summed E-state index contributed by atoms with van der Waals surface area (Å²) in [5.41, 5.74) is 2.73. The minimum Gasteiger partial charge on any atom is -0.456 e. The van der Waals surface area contributed by atoms with E-state index in [9.17, 15) is 14.7 Å². The molecule has 0 aliphatic heterocycles. The van der Waals surface area contributed by atoms with E-state index in [-0.39, 0.29) is 26.2 Å². The number of unbranched alkanes of at least 4 members (excludes halogenated alkanes) is 12. The first-order valence-corrected chi connectivity index (χ1v) is 20.0. The van der Waals surface area contributed by atoms with Gasteiger partial charge in [-0.1, -0.05) is 175 Å². The number of hydrogen-bond acceptors (Lipinski definition) is 8. The number of carbonyl (C=O) groups excluding carboxylic acids is 2. The molecular formula is C45H62O8. The topological polar surface area (TPSA) is 101 Å². The molecule has 1 N–H and O–H groups in total. The molecule has 8 heteroatoms. The second kappa shape index (κ2) is 24.7. The molecule has 0 aromatic heterocycles. The van der Waals surface area contributed by atoms with Gasteiger partial charge in [-0.3, -0.25) is 9.59 Å². The van der Waals surface area contributed by atoms with Crippen LogP contribution >= 0.6 is 0 Å². The van der Waals surface area contributed by atoms with Crippen LogP contribution in [0.5, 0.6) is 0 Å². The van der Waals surface area contributed by atoms with Gasteiger partial charge in [-0.25, -0.2) is 0 Å². The van der Waals surface area contributed by atoms with Crippen LogP contribution < -0.4 is 0 Å². The second-order valence-corrected chi connectivity index (χ2v) is 14.3. The summed E-state index contributed by atoms with van der Waals surface area (Å²) in [6, 6.07) is 29.0. The number of benzene rings is 3. The highest BCUT2D eigenvalue weighted by molar-refractivity contribution is 5.70. The Morgan fingerprint density at radius 3 is 1.28 bits per heavy atom. The number of esters is 2. The van der Waals surface area contributed by atoms with Gasteiger partial charge in [0.1, 0.15) is 24.4 Å². The highest BCUT2D eigenvalue weighted by Crippen LogP contribution is 2.34. The lowest BCUT2D eigenvalue weighted by molar-refractivity contribution is -0.271. The minimum atomic E-state index is -1.37. The van der Waals surface area contributed by atoms with Crippen LogP contribution in [-0.4, -0.2) is 53.7 Å². The molecule has 0 heterocycles. The Labute approximate surface area is 317 Å². The first-order chi connectivity index (χ1) is 26.0. The van der Waals surface area contributed by atoms with Gasteiger partial charge in [0, 0.05) is 13.3 Å². The highest BCUT2D eigenvalue weighted by Gasteiger charge is 2.56. The Bertz CT molecular complexity index is 1400. The van der Waals surface area contributed by atoms with E-state index < -0.39 is 48.6 Å². The van der Waals surface area contributed by atoms with E-state index in [4.69, 9.17) is 23.7 Å². The van der Waals surface area contributed by atoms with Crippen molar-refractivity contribution in [2.24, 2.45) is 0 Å². The quantitative estimate of drug-likeness (QED) is 0.0680. The summed E-state index contributed by atoms with van der Waals surface area (Å²) >= 11 is 0. The molecule has 1 aliphatic carbocycles. The smallest absolute Gasteiger partial charge is 0.306 e. The number of carbonyl (C=O) groups is 2. The van der Waals surface area contributed by atoms with Crippen LogP contribution in [-0.2, 0) is 53.1 Å². The van der Waals surface area contributed by atoms with E-state index in [0.717, 1.165) is 36.0 Å². The summed E-state index contributed by atoms with van der Waals surface area (Å²) in [5, 5.41) is 11.9. The summed E-state index contributed by atoms with van der Waals surface area (Å²) in [4.78, 5) is 26.0. The maximum Gasteiger partial charge on any atom is 0.306 e. The molecule has 3 aromatic carbocycles. The SMILES string of the molecule is CCCCCCCCCCCCCCCC(=O)O[C@@H]1[C@@H](OCc2ccccc2)[C@H](OCc2ccccc2)[C@@H](OCc2ccccc2)[C@@H](O)[C@H]1OC(C)=O. The van der Waals surface area contributed by atoms with Crippen LogP contribution in [0.3, 0.4) is 0 Å². The summed E-state index contributed by atoms with van der Waals surface area (Å²) < 4.78 is 31.4. The van der Waals surface area contributed by atoms with Crippen molar-refractivity contribution in [3.8, 4) is 0 Å². The molecule has 0 amide bonds. The molecule has 1 aliphatic rings. The molecule has 290 valence electrons. The summed E-state index contributed by atoms with van der Waals surface area (Å²) in [5.74, 6) is -1.04. The van der Waals surface area contributed by atoms with Crippen LogP contribution in [0.2, 0.25) is 0 Å². The molecule has 0 saturated heterocycles. The third kappa shape index (κ3) is 15.4. The first-order valence-electron chi connectivity index (χ1n) is 20.0. The van der Waals surface area contributed by atoms with Crippen molar-refractivity contribution in [2.45, 2.75) is 160 Å². The van der Waals surface area contributed by atoms with Crippen molar-refractivity contribution in [1.29, 1.82) is 0 Å². The van der Waals surface area contributed by atoms with Crippen molar-refractivity contribution in [2.75, 3.05) is 0 Å². The number of aliphatic hydroxyl groups excluding tert-OH is 1. The third-order valence-corrected chi connectivity index (χ3v) is 9.88. The zero-order chi connectivity index (χ0) is 37.5. The molecule has 4 rings (SSSR count). The van der Waals surface area contributed by atoms with Crippen LogP contribution in [0.1, 0.15) is 120 Å². The maximum atomic E-state index is 13.5. The molecule has 53 heavy (non-hydrogen) atoms. The fourth-order valence-electron chi connectivity index (χ4n) is 6.97. The summed E-state index contributed by atoms with van der Waals surface area (Å²) in [6.45, 7) is 4.08. The standard InChI is InChI=1S/C45H62O8/c1-3-4-5-6-7-8-9-10-11-12-13-14-24-31-39(47)53-45-42(52-35(2)46)40(48)41(49-32-36-25-18-15-19-26-36)43(50-33-37-27-20-16-21-28-37)44(45)51-34-38-29-22-17-23-30-38/h15-23,25-30,40-45,48H,3-14,24,31-34H2,1-2H3/t40-,41+,42-,43-,44+,45+/m1/s1. The Morgan fingerprint density at radius 2 is 0.868 bits per heavy atom. The molecule has 3 aromatic rings. The van der Waals surface area contributed by atoms with E-state index in [1.165, 1.54) is 64.7 Å². The van der Waals surface area contributed by atoms with E-state index in [1.807, 2.05) is 91.0 Å².